The SMILES string of the molecule is CCNC1CCC(c2ccnn2C)C1C. The van der Waals surface area contributed by atoms with Crippen LogP contribution in [0.15, 0.2) is 12.3 Å². The third-order valence-electron chi connectivity index (χ3n) is 3.76. The zero-order valence-electron chi connectivity index (χ0n) is 9.90. The molecule has 2 rings (SSSR count). The third kappa shape index (κ3) is 1.93. The molecule has 3 unspecified atom stereocenters. The summed E-state index contributed by atoms with van der Waals surface area (Å²) in [7, 11) is 2.04. The van der Waals surface area contributed by atoms with Crippen molar-refractivity contribution in [3.63, 3.8) is 0 Å². The second-order valence-electron chi connectivity index (χ2n) is 4.59. The Morgan fingerprint density at radius 3 is 2.93 bits per heavy atom. The van der Waals surface area contributed by atoms with E-state index in [1.54, 1.807) is 0 Å². The minimum Gasteiger partial charge on any atom is -0.314 e. The third-order valence-corrected chi connectivity index (χ3v) is 3.76. The Hall–Kier alpha value is -0.830. The summed E-state index contributed by atoms with van der Waals surface area (Å²) in [5.41, 5.74) is 1.39. The van der Waals surface area contributed by atoms with E-state index in [2.05, 4.69) is 30.3 Å². The van der Waals surface area contributed by atoms with Crippen molar-refractivity contribution in [2.45, 2.75) is 38.6 Å². The first-order chi connectivity index (χ1) is 7.24. The van der Waals surface area contributed by atoms with E-state index in [1.807, 2.05) is 17.9 Å². The Morgan fingerprint density at radius 1 is 1.53 bits per heavy atom. The second kappa shape index (κ2) is 4.35. The summed E-state index contributed by atoms with van der Waals surface area (Å²) < 4.78 is 2.02. The molecule has 0 radical (unpaired) electrons. The topological polar surface area (TPSA) is 29.9 Å². The van der Waals surface area contributed by atoms with E-state index in [-0.39, 0.29) is 0 Å². The zero-order chi connectivity index (χ0) is 10.8. The van der Waals surface area contributed by atoms with E-state index >= 15 is 0 Å². The van der Waals surface area contributed by atoms with Gasteiger partial charge >= 0.3 is 0 Å². The van der Waals surface area contributed by atoms with Crippen LogP contribution in [0.1, 0.15) is 38.3 Å². The van der Waals surface area contributed by atoms with Crippen LogP contribution < -0.4 is 5.32 Å². The van der Waals surface area contributed by atoms with Gasteiger partial charge in [0.15, 0.2) is 0 Å². The van der Waals surface area contributed by atoms with E-state index in [0.717, 1.165) is 12.5 Å². The molecule has 1 N–H and O–H groups in total. The smallest absolute Gasteiger partial charge is 0.0492 e. The number of nitrogens with zero attached hydrogens (tertiary/aromatic N) is 2. The Balaban J connectivity index is 2.10. The normalized spacial score (nSPS) is 31.0. The van der Waals surface area contributed by atoms with E-state index in [0.29, 0.717) is 12.0 Å². The fraction of sp³-hybridized carbons (Fsp3) is 0.750. The van der Waals surface area contributed by atoms with E-state index in [4.69, 9.17) is 0 Å². The van der Waals surface area contributed by atoms with Crippen LogP contribution in [0.5, 0.6) is 0 Å². The summed E-state index contributed by atoms with van der Waals surface area (Å²) in [5.74, 6) is 1.40. The van der Waals surface area contributed by atoms with Crippen molar-refractivity contribution in [1.82, 2.24) is 15.1 Å². The fourth-order valence-corrected chi connectivity index (χ4v) is 2.88. The van der Waals surface area contributed by atoms with Gasteiger partial charge in [-0.25, -0.2) is 0 Å². The molecule has 3 heteroatoms. The lowest BCUT2D eigenvalue weighted by Crippen LogP contribution is -2.32. The van der Waals surface area contributed by atoms with Gasteiger partial charge in [-0.2, -0.15) is 5.10 Å². The average molecular weight is 207 g/mol. The van der Waals surface area contributed by atoms with E-state index in [9.17, 15) is 0 Å². The lowest BCUT2D eigenvalue weighted by molar-refractivity contribution is 0.402. The summed E-state index contributed by atoms with van der Waals surface area (Å²) in [6.07, 6.45) is 4.49. The van der Waals surface area contributed by atoms with Crippen LogP contribution in [-0.4, -0.2) is 22.4 Å². The van der Waals surface area contributed by atoms with Gasteiger partial charge in [0.1, 0.15) is 0 Å². The first kappa shape index (κ1) is 10.7. The summed E-state index contributed by atoms with van der Waals surface area (Å²) >= 11 is 0. The predicted molar refractivity (Wildman–Crippen MR) is 61.8 cm³/mol. The van der Waals surface area contributed by atoms with Gasteiger partial charge in [0, 0.05) is 30.9 Å². The molecule has 84 valence electrons. The van der Waals surface area contributed by atoms with Crippen molar-refractivity contribution in [2.75, 3.05) is 6.54 Å². The van der Waals surface area contributed by atoms with Gasteiger partial charge in [-0.1, -0.05) is 13.8 Å². The van der Waals surface area contributed by atoms with Crippen LogP contribution in [0.3, 0.4) is 0 Å². The highest BCUT2D eigenvalue weighted by molar-refractivity contribution is 5.12. The number of rotatable bonds is 3. The number of nitrogens with one attached hydrogen (secondary N) is 1. The van der Waals surface area contributed by atoms with Gasteiger partial charge in [0.05, 0.1) is 0 Å². The first-order valence-corrected chi connectivity index (χ1v) is 5.95. The molecular formula is C12H21N3. The van der Waals surface area contributed by atoms with E-state index in [1.165, 1.54) is 18.5 Å². The minimum absolute atomic E-state index is 0.682. The van der Waals surface area contributed by atoms with Gasteiger partial charge in [-0.15, -0.1) is 0 Å². The van der Waals surface area contributed by atoms with Crippen molar-refractivity contribution in [3.8, 4) is 0 Å². The molecule has 1 aromatic rings. The van der Waals surface area contributed by atoms with Crippen LogP contribution in [0.25, 0.3) is 0 Å². The summed E-state index contributed by atoms with van der Waals surface area (Å²) in [6.45, 7) is 5.62. The predicted octanol–water partition coefficient (Wildman–Crippen LogP) is 1.91. The van der Waals surface area contributed by atoms with Crippen LogP contribution in [-0.2, 0) is 7.05 Å². The lowest BCUT2D eigenvalue weighted by Gasteiger charge is -2.21. The van der Waals surface area contributed by atoms with Crippen molar-refractivity contribution in [2.24, 2.45) is 13.0 Å². The van der Waals surface area contributed by atoms with Crippen molar-refractivity contribution in [1.29, 1.82) is 0 Å². The Labute approximate surface area is 91.9 Å². The number of hydrogen-bond acceptors (Lipinski definition) is 2. The summed E-state index contributed by atoms with van der Waals surface area (Å²) in [5, 5.41) is 7.84. The van der Waals surface area contributed by atoms with Gasteiger partial charge in [-0.3, -0.25) is 4.68 Å². The van der Waals surface area contributed by atoms with Gasteiger partial charge in [0.25, 0.3) is 0 Å². The maximum atomic E-state index is 4.26. The van der Waals surface area contributed by atoms with Crippen LogP contribution in [0, 0.1) is 5.92 Å². The molecule has 1 fully saturated rings. The molecule has 3 nitrogen and oxygen atoms in total. The van der Waals surface area contributed by atoms with Crippen molar-refractivity contribution >= 4 is 0 Å². The molecule has 1 aromatic heterocycles. The van der Waals surface area contributed by atoms with E-state index < -0.39 is 0 Å². The minimum atomic E-state index is 0.682. The van der Waals surface area contributed by atoms with Gasteiger partial charge in [-0.05, 0) is 31.4 Å². The molecule has 3 atom stereocenters. The maximum Gasteiger partial charge on any atom is 0.0492 e. The molecular weight excluding hydrogens is 186 g/mol. The Kier molecular flexibility index (Phi) is 3.10. The molecule has 1 heterocycles. The standard InChI is InChI=1S/C12H21N3/c1-4-13-11-6-5-10(9(11)2)12-7-8-14-15(12)3/h7-11,13H,4-6H2,1-3H3. The molecule has 0 bridgehead atoms. The van der Waals surface area contributed by atoms with Crippen LogP contribution in [0.4, 0.5) is 0 Å². The molecule has 0 saturated heterocycles. The number of hydrogen-bond donors (Lipinski definition) is 1. The number of aromatic nitrogens is 2. The zero-order valence-corrected chi connectivity index (χ0v) is 9.90. The first-order valence-electron chi connectivity index (χ1n) is 5.95. The fourth-order valence-electron chi connectivity index (χ4n) is 2.88. The average Bonchev–Trinajstić information content (AvgIpc) is 2.76. The molecule has 1 aliphatic rings. The van der Waals surface area contributed by atoms with Crippen molar-refractivity contribution < 1.29 is 0 Å². The highest BCUT2D eigenvalue weighted by atomic mass is 15.3. The maximum absolute atomic E-state index is 4.26. The Bertz CT molecular complexity index is 318. The van der Waals surface area contributed by atoms with Gasteiger partial charge < -0.3 is 5.32 Å². The summed E-state index contributed by atoms with van der Waals surface area (Å²) in [4.78, 5) is 0. The molecule has 1 saturated carbocycles. The number of aryl methyl sites for hydroxylation is 1. The quantitative estimate of drug-likeness (QED) is 0.820. The van der Waals surface area contributed by atoms with Crippen LogP contribution >= 0.6 is 0 Å². The largest absolute Gasteiger partial charge is 0.314 e. The highest BCUT2D eigenvalue weighted by Gasteiger charge is 2.34. The highest BCUT2D eigenvalue weighted by Crippen LogP contribution is 2.39. The second-order valence-corrected chi connectivity index (χ2v) is 4.59. The molecule has 0 amide bonds. The summed E-state index contributed by atoms with van der Waals surface area (Å²) in [6, 6.07) is 2.85. The molecule has 1 aliphatic carbocycles. The van der Waals surface area contributed by atoms with Crippen molar-refractivity contribution in [3.05, 3.63) is 18.0 Å². The molecule has 0 spiro atoms. The molecule has 15 heavy (non-hydrogen) atoms. The molecule has 0 aromatic carbocycles. The van der Waals surface area contributed by atoms with Crippen LogP contribution in [0.2, 0.25) is 0 Å². The monoisotopic (exact) mass is 207 g/mol. The van der Waals surface area contributed by atoms with Gasteiger partial charge in [0.2, 0.25) is 0 Å². The molecule has 0 aliphatic heterocycles. The Morgan fingerprint density at radius 2 is 2.33 bits per heavy atom. The lowest BCUT2D eigenvalue weighted by atomic mass is 9.92.